The van der Waals surface area contributed by atoms with E-state index in [0.717, 1.165) is 6.07 Å². The lowest BCUT2D eigenvalue weighted by Gasteiger charge is -2.12. The Labute approximate surface area is 121 Å². The molecule has 0 radical (unpaired) electrons. The molecule has 8 nitrogen and oxygen atoms in total. The number of hydrogen-bond donors (Lipinski definition) is 3. The predicted molar refractivity (Wildman–Crippen MR) is 72.1 cm³/mol. The monoisotopic (exact) mass is 314 g/mol. The number of tetrazole rings is 1. The molecule has 1 aromatic heterocycles. The summed E-state index contributed by atoms with van der Waals surface area (Å²) in [6, 6.07) is 3.20. The number of aromatic nitrogens is 4. The van der Waals surface area contributed by atoms with Crippen LogP contribution in [0.25, 0.3) is 0 Å². The van der Waals surface area contributed by atoms with Crippen LogP contribution in [0.15, 0.2) is 23.1 Å². The van der Waals surface area contributed by atoms with E-state index in [1.54, 1.807) is 7.05 Å². The molecule has 0 aliphatic carbocycles. The molecule has 0 spiro atoms. The van der Waals surface area contributed by atoms with Crippen molar-refractivity contribution < 1.29 is 12.8 Å². The molecule has 10 heteroatoms. The molecule has 2 rings (SSSR count). The Morgan fingerprint density at radius 3 is 2.81 bits per heavy atom. The van der Waals surface area contributed by atoms with Crippen LogP contribution < -0.4 is 10.0 Å². The number of rotatable bonds is 6. The Kier molecular flexibility index (Phi) is 4.60. The Bertz CT molecular complexity index is 704. The maximum atomic E-state index is 13.8. The lowest BCUT2D eigenvalue weighted by molar-refractivity contribution is 0.541. The number of aromatic amines is 1. The van der Waals surface area contributed by atoms with Crippen molar-refractivity contribution in [2.45, 2.75) is 24.4 Å². The Balaban J connectivity index is 2.28. The highest BCUT2D eigenvalue weighted by Crippen LogP contribution is 2.18. The molecule has 0 amide bonds. The molecule has 0 saturated carbocycles. The third-order valence-corrected chi connectivity index (χ3v) is 4.30. The minimum atomic E-state index is -4.03. The number of sulfonamides is 1. The summed E-state index contributed by atoms with van der Waals surface area (Å²) < 4.78 is 40.6. The SMILES string of the molecule is CNCc1ccc(F)c(S(=O)(=O)NC(C)c2nn[nH]n2)c1. The summed E-state index contributed by atoms with van der Waals surface area (Å²) >= 11 is 0. The number of hydrogen-bond acceptors (Lipinski definition) is 6. The van der Waals surface area contributed by atoms with Crippen LogP contribution in [0.3, 0.4) is 0 Å². The summed E-state index contributed by atoms with van der Waals surface area (Å²) in [6.07, 6.45) is 0. The van der Waals surface area contributed by atoms with E-state index in [0.29, 0.717) is 12.1 Å². The second-order valence-electron chi connectivity index (χ2n) is 4.41. The third kappa shape index (κ3) is 3.60. The van der Waals surface area contributed by atoms with Gasteiger partial charge in [0.15, 0.2) is 5.82 Å². The molecule has 1 unspecified atom stereocenters. The van der Waals surface area contributed by atoms with Crippen LogP contribution in [0.2, 0.25) is 0 Å². The highest BCUT2D eigenvalue weighted by Gasteiger charge is 2.24. The van der Waals surface area contributed by atoms with Crippen LogP contribution in [0, 0.1) is 5.82 Å². The van der Waals surface area contributed by atoms with E-state index in [1.807, 2.05) is 0 Å². The van der Waals surface area contributed by atoms with Crippen LogP contribution in [-0.4, -0.2) is 36.1 Å². The Hall–Kier alpha value is -1.91. The molecule has 1 heterocycles. The lowest BCUT2D eigenvalue weighted by Crippen LogP contribution is -2.28. The molecule has 0 aliphatic heterocycles. The highest BCUT2D eigenvalue weighted by atomic mass is 32.2. The van der Waals surface area contributed by atoms with E-state index >= 15 is 0 Å². The average molecular weight is 314 g/mol. The van der Waals surface area contributed by atoms with Crippen molar-refractivity contribution >= 4 is 10.0 Å². The molecule has 1 atom stereocenters. The summed E-state index contributed by atoms with van der Waals surface area (Å²) in [5.74, 6) is -0.645. The van der Waals surface area contributed by atoms with Gasteiger partial charge in [0, 0.05) is 6.54 Å². The minimum Gasteiger partial charge on any atom is -0.316 e. The molecular formula is C11H15FN6O2S. The Morgan fingerprint density at radius 1 is 1.43 bits per heavy atom. The van der Waals surface area contributed by atoms with Crippen molar-refractivity contribution in [1.82, 2.24) is 30.7 Å². The smallest absolute Gasteiger partial charge is 0.244 e. The van der Waals surface area contributed by atoms with Gasteiger partial charge in [-0.25, -0.2) is 17.5 Å². The van der Waals surface area contributed by atoms with Crippen molar-refractivity contribution in [2.75, 3.05) is 7.05 Å². The largest absolute Gasteiger partial charge is 0.316 e. The van der Waals surface area contributed by atoms with Crippen LogP contribution in [0.5, 0.6) is 0 Å². The normalized spacial score (nSPS) is 13.3. The van der Waals surface area contributed by atoms with Gasteiger partial charge in [-0.2, -0.15) is 5.21 Å². The fourth-order valence-corrected chi connectivity index (χ4v) is 3.10. The first-order chi connectivity index (χ1) is 9.94. The topological polar surface area (TPSA) is 113 Å². The van der Waals surface area contributed by atoms with E-state index < -0.39 is 26.8 Å². The van der Waals surface area contributed by atoms with E-state index in [9.17, 15) is 12.8 Å². The summed E-state index contributed by atoms with van der Waals surface area (Å²) in [6.45, 7) is 1.97. The van der Waals surface area contributed by atoms with Crippen molar-refractivity contribution in [3.8, 4) is 0 Å². The van der Waals surface area contributed by atoms with Gasteiger partial charge in [0.05, 0.1) is 6.04 Å². The van der Waals surface area contributed by atoms with E-state index in [-0.39, 0.29) is 5.82 Å². The van der Waals surface area contributed by atoms with Crippen LogP contribution >= 0.6 is 0 Å². The van der Waals surface area contributed by atoms with Gasteiger partial charge in [0.25, 0.3) is 0 Å². The van der Waals surface area contributed by atoms with Gasteiger partial charge in [0.2, 0.25) is 10.0 Å². The van der Waals surface area contributed by atoms with Crippen LogP contribution in [0.4, 0.5) is 4.39 Å². The number of benzene rings is 1. The maximum Gasteiger partial charge on any atom is 0.244 e. The molecule has 114 valence electrons. The van der Waals surface area contributed by atoms with Gasteiger partial charge >= 0.3 is 0 Å². The van der Waals surface area contributed by atoms with E-state index in [1.165, 1.54) is 19.1 Å². The van der Waals surface area contributed by atoms with Crippen molar-refractivity contribution in [2.24, 2.45) is 0 Å². The van der Waals surface area contributed by atoms with Gasteiger partial charge in [-0.05, 0) is 31.7 Å². The molecule has 0 aliphatic rings. The molecular weight excluding hydrogens is 299 g/mol. The number of nitrogens with one attached hydrogen (secondary N) is 3. The first-order valence-corrected chi connectivity index (χ1v) is 7.61. The summed E-state index contributed by atoms with van der Waals surface area (Å²) in [7, 11) is -2.32. The van der Waals surface area contributed by atoms with Gasteiger partial charge in [-0.3, -0.25) is 0 Å². The van der Waals surface area contributed by atoms with E-state index in [4.69, 9.17) is 0 Å². The number of halogens is 1. The van der Waals surface area contributed by atoms with Gasteiger partial charge in [-0.15, -0.1) is 10.2 Å². The second kappa shape index (κ2) is 6.24. The zero-order valence-electron chi connectivity index (χ0n) is 11.5. The molecule has 1 aromatic carbocycles. The fraction of sp³-hybridized carbons (Fsp3) is 0.364. The lowest BCUT2D eigenvalue weighted by atomic mass is 10.2. The zero-order valence-corrected chi connectivity index (χ0v) is 12.3. The maximum absolute atomic E-state index is 13.8. The molecule has 0 fully saturated rings. The third-order valence-electron chi connectivity index (χ3n) is 2.75. The molecule has 2 aromatic rings. The quantitative estimate of drug-likeness (QED) is 0.697. The van der Waals surface area contributed by atoms with Crippen LogP contribution in [0.1, 0.15) is 24.4 Å². The average Bonchev–Trinajstić information content (AvgIpc) is 2.94. The second-order valence-corrected chi connectivity index (χ2v) is 6.09. The van der Waals surface area contributed by atoms with Gasteiger partial charge in [0.1, 0.15) is 10.7 Å². The number of nitrogens with zero attached hydrogens (tertiary/aromatic N) is 3. The summed E-state index contributed by atoms with van der Waals surface area (Å²) in [5, 5.41) is 15.8. The fourth-order valence-electron chi connectivity index (χ4n) is 1.77. The highest BCUT2D eigenvalue weighted by molar-refractivity contribution is 7.89. The van der Waals surface area contributed by atoms with Crippen molar-refractivity contribution in [3.63, 3.8) is 0 Å². The van der Waals surface area contributed by atoms with Crippen molar-refractivity contribution in [3.05, 3.63) is 35.4 Å². The first-order valence-electron chi connectivity index (χ1n) is 6.12. The molecule has 0 saturated heterocycles. The standard InChI is InChI=1S/C11H15FN6O2S/c1-7(11-14-17-18-15-11)16-21(19,20)10-5-8(6-13-2)3-4-9(10)12/h3-5,7,13,16H,6H2,1-2H3,(H,14,15,17,18). The van der Waals surface area contributed by atoms with Crippen LogP contribution in [-0.2, 0) is 16.6 Å². The Morgan fingerprint density at radius 2 is 2.19 bits per heavy atom. The zero-order chi connectivity index (χ0) is 15.5. The first kappa shape index (κ1) is 15.5. The molecule has 21 heavy (non-hydrogen) atoms. The molecule has 3 N–H and O–H groups in total. The van der Waals surface area contributed by atoms with Gasteiger partial charge in [-0.1, -0.05) is 11.3 Å². The minimum absolute atomic E-state index is 0.172. The number of H-pyrrole nitrogens is 1. The van der Waals surface area contributed by atoms with Gasteiger partial charge < -0.3 is 5.32 Å². The van der Waals surface area contributed by atoms with E-state index in [2.05, 4.69) is 30.7 Å². The molecule has 0 bridgehead atoms. The predicted octanol–water partition coefficient (Wildman–Crippen LogP) is 0.0977. The summed E-state index contributed by atoms with van der Waals surface area (Å²) in [5.41, 5.74) is 0.659. The summed E-state index contributed by atoms with van der Waals surface area (Å²) in [4.78, 5) is -0.411. The van der Waals surface area contributed by atoms with Crippen molar-refractivity contribution in [1.29, 1.82) is 0 Å².